The maximum absolute atomic E-state index is 11.6. The Hall–Kier alpha value is -1.50. The van der Waals surface area contributed by atoms with Gasteiger partial charge < -0.3 is 10.4 Å². The molecule has 16 heavy (non-hydrogen) atoms. The molecule has 0 aliphatic heterocycles. The van der Waals surface area contributed by atoms with Gasteiger partial charge >= 0.3 is 5.97 Å². The van der Waals surface area contributed by atoms with E-state index in [0.29, 0.717) is 11.3 Å². The molecule has 0 unspecified atom stereocenters. The van der Waals surface area contributed by atoms with Crippen LogP contribution in [0.5, 0.6) is 0 Å². The number of hydrogen-bond donors (Lipinski definition) is 2. The van der Waals surface area contributed by atoms with E-state index >= 15 is 0 Å². The highest BCUT2D eigenvalue weighted by Crippen LogP contribution is 2.07. The molecular weight excluding hydrogens is 230 g/mol. The number of aromatic nitrogens is 2. The molecule has 1 amide bonds. The maximum atomic E-state index is 11.6. The number of aliphatic carboxylic acids is 1. The number of amides is 1. The second kappa shape index (κ2) is 5.55. The lowest BCUT2D eigenvalue weighted by atomic mass is 10.0. The number of nitrogens with zero attached hydrogens (tertiary/aromatic N) is 2. The van der Waals surface area contributed by atoms with E-state index in [9.17, 15) is 9.59 Å². The number of carboxylic acid groups (broad SMARTS) is 1. The van der Waals surface area contributed by atoms with Crippen LogP contribution in [0.2, 0.25) is 0 Å². The van der Waals surface area contributed by atoms with E-state index in [4.69, 9.17) is 5.11 Å². The molecule has 1 atom stereocenters. The van der Waals surface area contributed by atoms with Crippen LogP contribution in [0.4, 0.5) is 0 Å². The lowest BCUT2D eigenvalue weighted by Crippen LogP contribution is -2.41. The van der Waals surface area contributed by atoms with E-state index < -0.39 is 17.9 Å². The number of nitrogens with one attached hydrogen (secondary N) is 1. The molecule has 0 bridgehead atoms. The van der Waals surface area contributed by atoms with E-state index in [0.717, 1.165) is 11.5 Å². The monoisotopic (exact) mass is 243 g/mol. The molecule has 7 heteroatoms. The minimum absolute atomic E-state index is 0.195. The van der Waals surface area contributed by atoms with Crippen molar-refractivity contribution in [3.63, 3.8) is 0 Å². The van der Waals surface area contributed by atoms with Crippen LogP contribution in [0.1, 0.15) is 29.9 Å². The van der Waals surface area contributed by atoms with E-state index in [-0.39, 0.29) is 5.92 Å². The van der Waals surface area contributed by atoms with Crippen molar-refractivity contribution >= 4 is 23.4 Å². The molecular formula is C9H13N3O3S. The zero-order chi connectivity index (χ0) is 12.1. The van der Waals surface area contributed by atoms with E-state index in [2.05, 4.69) is 14.9 Å². The smallest absolute Gasteiger partial charge is 0.326 e. The maximum Gasteiger partial charge on any atom is 0.326 e. The van der Waals surface area contributed by atoms with Gasteiger partial charge in [-0.1, -0.05) is 18.3 Å². The van der Waals surface area contributed by atoms with Gasteiger partial charge in [0.15, 0.2) is 0 Å². The summed E-state index contributed by atoms with van der Waals surface area (Å²) < 4.78 is 3.54. The van der Waals surface area contributed by atoms with Crippen molar-refractivity contribution in [2.24, 2.45) is 5.92 Å². The van der Waals surface area contributed by atoms with Crippen LogP contribution in [0.3, 0.4) is 0 Å². The van der Waals surface area contributed by atoms with Crippen molar-refractivity contribution in [2.75, 3.05) is 0 Å². The summed E-state index contributed by atoms with van der Waals surface area (Å²) in [4.78, 5) is 22.8. The molecule has 88 valence electrons. The Bertz CT molecular complexity index is 364. The first kappa shape index (κ1) is 12.6. The first-order valence-corrected chi connectivity index (χ1v) is 5.59. The van der Waals surface area contributed by atoms with Gasteiger partial charge in [-0.3, -0.25) is 4.79 Å². The van der Waals surface area contributed by atoms with Crippen molar-refractivity contribution in [3.05, 3.63) is 11.1 Å². The Morgan fingerprint density at radius 3 is 2.69 bits per heavy atom. The molecule has 1 aromatic heterocycles. The molecule has 0 spiro atoms. The second-order valence-electron chi connectivity index (χ2n) is 3.78. The lowest BCUT2D eigenvalue weighted by Gasteiger charge is -2.15. The highest BCUT2D eigenvalue weighted by molar-refractivity contribution is 7.07. The third-order valence-electron chi connectivity index (χ3n) is 1.90. The number of rotatable bonds is 5. The quantitative estimate of drug-likeness (QED) is 0.796. The highest BCUT2D eigenvalue weighted by atomic mass is 32.1. The first-order valence-electron chi connectivity index (χ1n) is 4.81. The number of carboxylic acids is 1. The minimum atomic E-state index is -1.03. The van der Waals surface area contributed by atoms with Crippen LogP contribution in [0, 0.1) is 5.92 Å². The normalized spacial score (nSPS) is 12.4. The van der Waals surface area contributed by atoms with E-state index in [1.54, 1.807) is 0 Å². The summed E-state index contributed by atoms with van der Waals surface area (Å²) in [5.41, 5.74) is 0. The zero-order valence-electron chi connectivity index (χ0n) is 9.01. The largest absolute Gasteiger partial charge is 0.480 e. The highest BCUT2D eigenvalue weighted by Gasteiger charge is 2.22. The molecule has 0 saturated carbocycles. The molecule has 6 nitrogen and oxygen atoms in total. The Kier molecular flexibility index (Phi) is 4.36. The Balaban J connectivity index is 2.62. The van der Waals surface area contributed by atoms with Crippen molar-refractivity contribution in [3.8, 4) is 0 Å². The van der Waals surface area contributed by atoms with Crippen molar-refractivity contribution in [1.82, 2.24) is 14.9 Å². The fourth-order valence-corrected chi connectivity index (χ4v) is 1.61. The van der Waals surface area contributed by atoms with Crippen LogP contribution in [-0.2, 0) is 4.79 Å². The van der Waals surface area contributed by atoms with Gasteiger partial charge in [0.25, 0.3) is 5.91 Å². The van der Waals surface area contributed by atoms with E-state index in [1.807, 2.05) is 13.8 Å². The van der Waals surface area contributed by atoms with Gasteiger partial charge in [0.2, 0.25) is 0 Å². The van der Waals surface area contributed by atoms with Crippen LogP contribution in [0.25, 0.3) is 0 Å². The predicted octanol–water partition coefficient (Wildman–Crippen LogP) is 0.767. The fraction of sp³-hybridized carbons (Fsp3) is 0.556. The summed E-state index contributed by atoms with van der Waals surface area (Å²) in [6, 6.07) is -0.866. The third kappa shape index (κ3) is 3.58. The Morgan fingerprint density at radius 1 is 1.56 bits per heavy atom. The first-order chi connectivity index (χ1) is 7.50. The molecule has 2 N–H and O–H groups in total. The van der Waals surface area contributed by atoms with Gasteiger partial charge in [-0.05, 0) is 23.9 Å². The molecule has 1 heterocycles. The Morgan fingerprint density at radius 2 is 2.25 bits per heavy atom. The summed E-state index contributed by atoms with van der Waals surface area (Å²) >= 11 is 0.938. The summed E-state index contributed by atoms with van der Waals surface area (Å²) in [5.74, 6) is -1.27. The van der Waals surface area contributed by atoms with Crippen LogP contribution in [0.15, 0.2) is 6.20 Å². The molecule has 0 fully saturated rings. The number of hydrogen-bond acceptors (Lipinski definition) is 5. The average Bonchev–Trinajstić information content (AvgIpc) is 2.68. The van der Waals surface area contributed by atoms with Gasteiger partial charge in [0, 0.05) is 0 Å². The molecule has 0 aliphatic carbocycles. The van der Waals surface area contributed by atoms with Crippen LogP contribution < -0.4 is 5.32 Å². The summed E-state index contributed by atoms with van der Waals surface area (Å²) in [6.07, 6.45) is 1.71. The average molecular weight is 243 g/mol. The molecule has 0 aromatic carbocycles. The summed E-state index contributed by atoms with van der Waals surface area (Å²) in [6.45, 7) is 3.80. The van der Waals surface area contributed by atoms with Gasteiger partial charge in [0.05, 0.1) is 6.20 Å². The standard InChI is InChI=1S/C9H13N3O3S/c1-5(2)3-6(9(14)15)11-8(13)7-4-10-12-16-7/h4-6H,3H2,1-2H3,(H,11,13)(H,14,15)/t6-/m1/s1. The van der Waals surface area contributed by atoms with Gasteiger partial charge in [-0.15, -0.1) is 5.10 Å². The zero-order valence-corrected chi connectivity index (χ0v) is 9.82. The molecule has 1 rings (SSSR count). The Labute approximate surface area is 96.8 Å². The molecule has 0 radical (unpaired) electrons. The molecule has 0 saturated heterocycles. The third-order valence-corrected chi connectivity index (χ3v) is 2.56. The fourth-order valence-electron chi connectivity index (χ4n) is 1.19. The van der Waals surface area contributed by atoms with Crippen LogP contribution in [-0.4, -0.2) is 32.6 Å². The second-order valence-corrected chi connectivity index (χ2v) is 4.56. The van der Waals surface area contributed by atoms with Gasteiger partial charge in [-0.2, -0.15) is 0 Å². The SMILES string of the molecule is CC(C)C[C@@H](NC(=O)c1cnns1)C(=O)O. The minimum Gasteiger partial charge on any atom is -0.480 e. The van der Waals surface area contributed by atoms with E-state index in [1.165, 1.54) is 6.20 Å². The van der Waals surface area contributed by atoms with Gasteiger partial charge in [-0.25, -0.2) is 4.79 Å². The summed E-state index contributed by atoms with van der Waals surface area (Å²) in [5, 5.41) is 14.9. The van der Waals surface area contributed by atoms with Gasteiger partial charge in [0.1, 0.15) is 10.9 Å². The van der Waals surface area contributed by atoms with Crippen molar-refractivity contribution in [2.45, 2.75) is 26.3 Å². The van der Waals surface area contributed by atoms with Crippen LogP contribution >= 0.6 is 11.5 Å². The lowest BCUT2D eigenvalue weighted by molar-refractivity contribution is -0.139. The topological polar surface area (TPSA) is 92.2 Å². The molecule has 0 aliphatic rings. The number of carbonyl (C=O) groups is 2. The summed E-state index contributed by atoms with van der Waals surface area (Å²) in [7, 11) is 0. The molecule has 1 aromatic rings. The van der Waals surface area contributed by atoms with Crippen molar-refractivity contribution < 1.29 is 14.7 Å². The van der Waals surface area contributed by atoms with Crippen molar-refractivity contribution in [1.29, 1.82) is 0 Å². The predicted molar refractivity (Wildman–Crippen MR) is 58.3 cm³/mol. The number of carbonyl (C=O) groups excluding carboxylic acids is 1.